The summed E-state index contributed by atoms with van der Waals surface area (Å²) < 4.78 is 1.48. The van der Waals surface area contributed by atoms with Crippen molar-refractivity contribution in [1.29, 1.82) is 5.41 Å². The highest BCUT2D eigenvalue weighted by atomic mass is 16.3. The van der Waals surface area contributed by atoms with Crippen LogP contribution in [0.1, 0.15) is 31.0 Å². The van der Waals surface area contributed by atoms with Crippen LogP contribution in [0.3, 0.4) is 0 Å². The second kappa shape index (κ2) is 6.90. The smallest absolute Gasteiger partial charge is 0.332 e. The molecule has 0 atom stereocenters. The largest absolute Gasteiger partial charge is 0.508 e. The van der Waals surface area contributed by atoms with Crippen molar-refractivity contribution in [2.75, 3.05) is 0 Å². The summed E-state index contributed by atoms with van der Waals surface area (Å²) in [7, 11) is 0. The number of nitrogens with one attached hydrogen (secondary N) is 2. The van der Waals surface area contributed by atoms with Crippen molar-refractivity contribution < 1.29 is 5.11 Å². The topological polar surface area (TPSA) is 134 Å². The van der Waals surface area contributed by atoms with Gasteiger partial charge in [0.05, 0.1) is 5.69 Å². The van der Waals surface area contributed by atoms with E-state index in [-0.39, 0.29) is 29.0 Å². The minimum atomic E-state index is -0.391. The van der Waals surface area contributed by atoms with Gasteiger partial charge in [-0.05, 0) is 29.7 Å². The number of imidazole rings is 1. The molecule has 0 fully saturated rings. The van der Waals surface area contributed by atoms with Crippen LogP contribution in [-0.2, 0) is 0 Å². The SMILES string of the molecule is CC(C)c1ccccc1-n1c(=O)[nH]c2c(C(=N)N)nc(-c3cccc(O)c3)nc21. The molecule has 146 valence electrons. The molecule has 0 radical (unpaired) electrons. The van der Waals surface area contributed by atoms with Gasteiger partial charge in [0, 0.05) is 5.56 Å². The lowest BCUT2D eigenvalue weighted by atomic mass is 10.0. The van der Waals surface area contributed by atoms with E-state index < -0.39 is 5.69 Å². The fraction of sp³-hybridized carbons (Fsp3) is 0.143. The van der Waals surface area contributed by atoms with E-state index in [2.05, 4.69) is 15.0 Å². The van der Waals surface area contributed by atoms with Crippen molar-refractivity contribution in [3.63, 3.8) is 0 Å². The van der Waals surface area contributed by atoms with Crippen LogP contribution in [0, 0.1) is 5.41 Å². The number of phenols is 1. The van der Waals surface area contributed by atoms with Crippen LogP contribution < -0.4 is 11.4 Å². The number of aromatic nitrogens is 4. The predicted molar refractivity (Wildman–Crippen MR) is 112 cm³/mol. The van der Waals surface area contributed by atoms with Gasteiger partial charge in [-0.3, -0.25) is 5.41 Å². The number of aromatic amines is 1. The zero-order valence-corrected chi connectivity index (χ0v) is 16.0. The number of hydrogen-bond donors (Lipinski definition) is 4. The quantitative estimate of drug-likeness (QED) is 0.315. The minimum Gasteiger partial charge on any atom is -0.508 e. The Labute approximate surface area is 166 Å². The van der Waals surface area contributed by atoms with Gasteiger partial charge in [0.15, 0.2) is 11.5 Å². The zero-order chi connectivity index (χ0) is 20.7. The number of phenolic OH excluding ortho intramolecular Hbond substituents is 1. The standard InChI is InChI=1S/C21H20N6O2/c1-11(2)14-8-3-4-9-15(14)27-20-17(25-21(27)29)16(18(22)23)24-19(26-20)12-6-5-7-13(28)10-12/h3-11,28H,1-2H3,(H3,22,23)(H,25,29). The fourth-order valence-electron chi connectivity index (χ4n) is 3.36. The van der Waals surface area contributed by atoms with Gasteiger partial charge in [-0.1, -0.05) is 44.2 Å². The highest BCUT2D eigenvalue weighted by Gasteiger charge is 2.20. The highest BCUT2D eigenvalue weighted by Crippen LogP contribution is 2.27. The van der Waals surface area contributed by atoms with Crippen molar-refractivity contribution in [1.82, 2.24) is 19.5 Å². The van der Waals surface area contributed by atoms with Crippen LogP contribution >= 0.6 is 0 Å². The molecule has 0 unspecified atom stereocenters. The number of nitrogens with zero attached hydrogens (tertiary/aromatic N) is 3. The Bertz CT molecular complexity index is 1300. The number of nitrogen functional groups attached to an aromatic ring is 1. The summed E-state index contributed by atoms with van der Waals surface area (Å²) in [6, 6.07) is 14.1. The molecule has 2 aromatic heterocycles. The second-order valence-corrected chi connectivity index (χ2v) is 7.04. The van der Waals surface area contributed by atoms with E-state index in [9.17, 15) is 9.90 Å². The Morgan fingerprint density at radius 2 is 1.93 bits per heavy atom. The van der Waals surface area contributed by atoms with E-state index in [4.69, 9.17) is 11.1 Å². The first kappa shape index (κ1) is 18.4. The number of fused-ring (bicyclic) bond motifs is 1. The molecule has 2 heterocycles. The van der Waals surface area contributed by atoms with Crippen molar-refractivity contribution in [2.24, 2.45) is 5.73 Å². The molecule has 29 heavy (non-hydrogen) atoms. The average molecular weight is 388 g/mol. The van der Waals surface area contributed by atoms with E-state index in [1.165, 1.54) is 10.6 Å². The van der Waals surface area contributed by atoms with Gasteiger partial charge in [0.25, 0.3) is 0 Å². The van der Waals surface area contributed by atoms with E-state index in [1.54, 1.807) is 18.2 Å². The Morgan fingerprint density at radius 1 is 1.17 bits per heavy atom. The van der Waals surface area contributed by atoms with Crippen LogP contribution in [0.5, 0.6) is 5.75 Å². The van der Waals surface area contributed by atoms with Crippen molar-refractivity contribution in [2.45, 2.75) is 19.8 Å². The lowest BCUT2D eigenvalue weighted by Gasteiger charge is -2.13. The molecule has 5 N–H and O–H groups in total. The summed E-state index contributed by atoms with van der Waals surface area (Å²) in [4.78, 5) is 24.6. The monoisotopic (exact) mass is 388 g/mol. The maximum atomic E-state index is 12.9. The summed E-state index contributed by atoms with van der Waals surface area (Å²) in [6.07, 6.45) is 0. The molecule has 4 aromatic rings. The average Bonchev–Trinajstić information content (AvgIpc) is 3.02. The Balaban J connectivity index is 2.09. The predicted octanol–water partition coefficient (Wildman–Crippen LogP) is 2.89. The van der Waals surface area contributed by atoms with Gasteiger partial charge < -0.3 is 15.8 Å². The number of benzene rings is 2. The molecule has 0 amide bonds. The van der Waals surface area contributed by atoms with E-state index >= 15 is 0 Å². The summed E-state index contributed by atoms with van der Waals surface area (Å²) in [5.74, 6) is 0.215. The highest BCUT2D eigenvalue weighted by molar-refractivity contribution is 6.03. The molecule has 8 nitrogen and oxygen atoms in total. The molecule has 0 saturated carbocycles. The molecule has 0 aliphatic rings. The van der Waals surface area contributed by atoms with Crippen LogP contribution in [0.4, 0.5) is 0 Å². The fourth-order valence-corrected chi connectivity index (χ4v) is 3.36. The third kappa shape index (κ3) is 3.14. The van der Waals surface area contributed by atoms with Gasteiger partial charge in [-0.2, -0.15) is 0 Å². The number of nitrogens with two attached hydrogens (primary N) is 1. The molecule has 0 saturated heterocycles. The number of hydrogen-bond acceptors (Lipinski definition) is 5. The molecular weight excluding hydrogens is 368 g/mol. The zero-order valence-electron chi connectivity index (χ0n) is 16.0. The summed E-state index contributed by atoms with van der Waals surface area (Å²) in [6.45, 7) is 4.10. The lowest BCUT2D eigenvalue weighted by molar-refractivity contribution is 0.475. The van der Waals surface area contributed by atoms with Gasteiger partial charge in [-0.15, -0.1) is 0 Å². The summed E-state index contributed by atoms with van der Waals surface area (Å²) in [5, 5.41) is 17.7. The molecule has 0 bridgehead atoms. The first-order valence-electron chi connectivity index (χ1n) is 9.12. The van der Waals surface area contributed by atoms with E-state index in [1.807, 2.05) is 38.1 Å². The molecule has 2 aromatic carbocycles. The molecule has 0 aliphatic heterocycles. The summed E-state index contributed by atoms with van der Waals surface area (Å²) in [5.41, 5.74) is 8.34. The van der Waals surface area contributed by atoms with Crippen molar-refractivity contribution >= 4 is 17.0 Å². The molecule has 0 aliphatic carbocycles. The molecule has 8 heteroatoms. The Morgan fingerprint density at radius 3 is 2.62 bits per heavy atom. The van der Waals surface area contributed by atoms with E-state index in [0.717, 1.165) is 5.56 Å². The van der Waals surface area contributed by atoms with Crippen molar-refractivity contribution in [3.05, 3.63) is 70.3 Å². The van der Waals surface area contributed by atoms with Crippen molar-refractivity contribution in [3.8, 4) is 22.8 Å². The minimum absolute atomic E-state index is 0.0622. The van der Waals surface area contributed by atoms with Crippen LogP contribution in [-0.4, -0.2) is 30.5 Å². The number of para-hydroxylation sites is 1. The lowest BCUT2D eigenvalue weighted by Crippen LogP contribution is -2.17. The van der Waals surface area contributed by atoms with Gasteiger partial charge in [-0.25, -0.2) is 19.3 Å². The molecule has 0 spiro atoms. The van der Waals surface area contributed by atoms with Crippen LogP contribution in [0.2, 0.25) is 0 Å². The maximum absolute atomic E-state index is 12.9. The molecule has 4 rings (SSSR count). The van der Waals surface area contributed by atoms with Gasteiger partial charge in [0.1, 0.15) is 22.8 Å². The second-order valence-electron chi connectivity index (χ2n) is 7.04. The maximum Gasteiger partial charge on any atom is 0.332 e. The van der Waals surface area contributed by atoms with Crippen LogP contribution in [0.15, 0.2) is 53.3 Å². The van der Waals surface area contributed by atoms with Crippen LogP contribution in [0.25, 0.3) is 28.2 Å². The third-order valence-corrected chi connectivity index (χ3v) is 4.70. The summed E-state index contributed by atoms with van der Waals surface area (Å²) >= 11 is 0. The molecular formula is C21H20N6O2. The number of rotatable bonds is 4. The third-order valence-electron chi connectivity index (χ3n) is 4.70. The number of aromatic hydroxyl groups is 1. The Kier molecular flexibility index (Phi) is 4.38. The van der Waals surface area contributed by atoms with E-state index in [0.29, 0.717) is 22.4 Å². The number of H-pyrrole nitrogens is 1. The van der Waals surface area contributed by atoms with Gasteiger partial charge >= 0.3 is 5.69 Å². The first-order valence-corrected chi connectivity index (χ1v) is 9.12. The Hall–Kier alpha value is -3.94. The normalized spacial score (nSPS) is 11.3. The van der Waals surface area contributed by atoms with Gasteiger partial charge in [0.2, 0.25) is 0 Å². The number of amidine groups is 1. The first-order chi connectivity index (χ1) is 13.9.